The highest BCUT2D eigenvalue weighted by atomic mass is 16.5. The molecule has 0 aromatic heterocycles. The van der Waals surface area contributed by atoms with E-state index < -0.39 is 0 Å². The van der Waals surface area contributed by atoms with Crippen molar-refractivity contribution in [1.29, 1.82) is 0 Å². The van der Waals surface area contributed by atoms with Gasteiger partial charge in [-0.25, -0.2) is 0 Å². The highest BCUT2D eigenvalue weighted by Gasteiger charge is 2.24. The highest BCUT2D eigenvalue weighted by molar-refractivity contribution is 6.00. The van der Waals surface area contributed by atoms with Crippen LogP contribution in [0.1, 0.15) is 30.6 Å². The van der Waals surface area contributed by atoms with Crippen molar-refractivity contribution in [3.05, 3.63) is 58.6 Å². The fourth-order valence-corrected chi connectivity index (χ4v) is 2.80. The number of aromatic nitrogens is 3. The molecule has 0 fully saturated rings. The van der Waals surface area contributed by atoms with Crippen LogP contribution in [0.5, 0.6) is 0 Å². The monoisotopic (exact) mass is 368 g/mol. The van der Waals surface area contributed by atoms with E-state index in [2.05, 4.69) is 10.4 Å². The molecule has 1 amide bonds. The molecule has 2 aliphatic rings. The predicted octanol–water partition coefficient (Wildman–Crippen LogP) is 2.31. The van der Waals surface area contributed by atoms with E-state index in [1.54, 1.807) is 24.1 Å². The second kappa shape index (κ2) is 8.18. The van der Waals surface area contributed by atoms with Gasteiger partial charge in [-0.3, -0.25) is 9.59 Å². The van der Waals surface area contributed by atoms with Gasteiger partial charge in [0.1, 0.15) is 5.69 Å². The molecule has 1 aromatic rings. The summed E-state index contributed by atoms with van der Waals surface area (Å²) in [5.41, 5.74) is 1.61. The zero-order valence-electron chi connectivity index (χ0n) is 15.8. The maximum atomic E-state index is 12.9. The lowest BCUT2D eigenvalue weighted by molar-refractivity contribution is 0.0938. The van der Waals surface area contributed by atoms with Gasteiger partial charge < -0.3 is 14.6 Å². The summed E-state index contributed by atoms with van der Waals surface area (Å²) in [6.07, 6.45) is 4.26. The summed E-state index contributed by atoms with van der Waals surface area (Å²) >= 11 is 0. The molecule has 3 rings (SSSR count). The number of amides is 1. The van der Waals surface area contributed by atoms with Crippen LogP contribution in [0.3, 0.4) is 0 Å². The molecule has 142 valence electrons. The fraction of sp³-hybridized carbons (Fsp3) is 0.350. The van der Waals surface area contributed by atoms with Crippen LogP contribution in [0.25, 0.3) is 16.9 Å². The van der Waals surface area contributed by atoms with E-state index in [4.69, 9.17) is 4.74 Å². The number of hydrogen-bond acceptors (Lipinski definition) is 4. The second-order valence-electron chi connectivity index (χ2n) is 6.50. The van der Waals surface area contributed by atoms with E-state index >= 15 is 0 Å². The van der Waals surface area contributed by atoms with Gasteiger partial charge in [0, 0.05) is 32.1 Å². The van der Waals surface area contributed by atoms with Crippen molar-refractivity contribution in [1.82, 2.24) is 19.7 Å². The van der Waals surface area contributed by atoms with Crippen molar-refractivity contribution >= 4 is 5.91 Å². The van der Waals surface area contributed by atoms with Gasteiger partial charge in [-0.15, -0.1) is 0 Å². The van der Waals surface area contributed by atoms with E-state index in [1.165, 1.54) is 4.68 Å². The smallest absolute Gasteiger partial charge is 0.282 e. The average Bonchev–Trinajstić information content (AvgIpc) is 3.03. The molecule has 0 saturated heterocycles. The number of rotatable bonds is 7. The van der Waals surface area contributed by atoms with Crippen LogP contribution in [0.15, 0.2) is 47.5 Å². The minimum Gasteiger partial charge on any atom is -0.383 e. The zero-order valence-corrected chi connectivity index (χ0v) is 15.8. The van der Waals surface area contributed by atoms with E-state index in [0.29, 0.717) is 35.7 Å². The quantitative estimate of drug-likeness (QED) is 0.694. The van der Waals surface area contributed by atoms with Crippen molar-refractivity contribution in [3.63, 3.8) is 0 Å². The molecule has 1 aromatic carbocycles. The lowest BCUT2D eigenvalue weighted by Gasteiger charge is -2.15. The predicted molar refractivity (Wildman–Crippen MR) is 104 cm³/mol. The van der Waals surface area contributed by atoms with E-state index in [1.807, 2.05) is 44.2 Å². The SMILES string of the molecule is CCC(C)NC(=O)c1cn(CCOC)cc2c(=O)n(-c3ccccc3)nc1-2. The second-order valence-corrected chi connectivity index (χ2v) is 6.50. The third kappa shape index (κ3) is 3.93. The number of benzene rings is 1. The van der Waals surface area contributed by atoms with Gasteiger partial charge in [-0.2, -0.15) is 9.78 Å². The van der Waals surface area contributed by atoms with Gasteiger partial charge in [-0.05, 0) is 25.5 Å². The average molecular weight is 368 g/mol. The molecular formula is C20H24N4O3. The van der Waals surface area contributed by atoms with Crippen molar-refractivity contribution in [2.75, 3.05) is 13.7 Å². The number of nitrogens with zero attached hydrogens (tertiary/aromatic N) is 3. The molecule has 0 spiro atoms. The molecule has 0 saturated carbocycles. The lowest BCUT2D eigenvalue weighted by atomic mass is 10.1. The Morgan fingerprint density at radius 1 is 1.26 bits per heavy atom. The van der Waals surface area contributed by atoms with Gasteiger partial charge in [0.15, 0.2) is 0 Å². The Morgan fingerprint density at radius 3 is 2.67 bits per heavy atom. The maximum absolute atomic E-state index is 12.9. The largest absolute Gasteiger partial charge is 0.383 e. The van der Waals surface area contributed by atoms with Crippen LogP contribution >= 0.6 is 0 Å². The number of ether oxygens (including phenoxy) is 1. The first-order chi connectivity index (χ1) is 13.0. The van der Waals surface area contributed by atoms with Crippen LogP contribution in [-0.4, -0.2) is 40.0 Å². The topological polar surface area (TPSA) is 78.2 Å². The van der Waals surface area contributed by atoms with Crippen LogP contribution < -0.4 is 10.9 Å². The molecule has 7 heteroatoms. The van der Waals surface area contributed by atoms with Crippen molar-refractivity contribution in [3.8, 4) is 16.9 Å². The van der Waals surface area contributed by atoms with E-state index in [-0.39, 0.29) is 17.5 Å². The Kier molecular flexibility index (Phi) is 5.71. The minimum absolute atomic E-state index is 0.0307. The summed E-state index contributed by atoms with van der Waals surface area (Å²) in [6.45, 7) is 4.96. The van der Waals surface area contributed by atoms with Crippen LogP contribution in [-0.2, 0) is 11.3 Å². The first-order valence-electron chi connectivity index (χ1n) is 9.03. The van der Waals surface area contributed by atoms with Crippen molar-refractivity contribution in [2.24, 2.45) is 0 Å². The van der Waals surface area contributed by atoms with E-state index in [0.717, 1.165) is 6.42 Å². The van der Waals surface area contributed by atoms with Crippen LogP contribution in [0.4, 0.5) is 0 Å². The lowest BCUT2D eigenvalue weighted by Crippen LogP contribution is -2.33. The number of para-hydroxylation sites is 1. The van der Waals surface area contributed by atoms with Crippen molar-refractivity contribution in [2.45, 2.75) is 32.9 Å². The number of carbonyl (C=O) groups is 1. The molecule has 1 N–H and O–H groups in total. The Balaban J connectivity index is 2.14. The third-order valence-electron chi connectivity index (χ3n) is 4.51. The molecule has 27 heavy (non-hydrogen) atoms. The molecule has 1 unspecified atom stereocenters. The van der Waals surface area contributed by atoms with Crippen LogP contribution in [0.2, 0.25) is 0 Å². The van der Waals surface area contributed by atoms with Gasteiger partial charge in [0.2, 0.25) is 0 Å². The van der Waals surface area contributed by atoms with E-state index in [9.17, 15) is 9.59 Å². The molecular weight excluding hydrogens is 344 g/mol. The summed E-state index contributed by atoms with van der Waals surface area (Å²) in [5.74, 6) is -0.237. The summed E-state index contributed by atoms with van der Waals surface area (Å²) < 4.78 is 8.26. The Labute approximate surface area is 157 Å². The Hall–Kier alpha value is -2.93. The minimum atomic E-state index is -0.249. The number of pyridine rings is 1. The molecule has 2 aliphatic heterocycles. The number of carbonyl (C=O) groups excluding carboxylic acids is 1. The third-order valence-corrected chi connectivity index (χ3v) is 4.51. The summed E-state index contributed by atoms with van der Waals surface area (Å²) in [7, 11) is 1.61. The van der Waals surface area contributed by atoms with Gasteiger partial charge in [-0.1, -0.05) is 25.1 Å². The summed E-state index contributed by atoms with van der Waals surface area (Å²) in [5, 5.41) is 7.41. The molecule has 0 aliphatic carbocycles. The number of fused-ring (bicyclic) bond motifs is 1. The summed E-state index contributed by atoms with van der Waals surface area (Å²) in [4.78, 5) is 25.7. The molecule has 0 bridgehead atoms. The first-order valence-corrected chi connectivity index (χ1v) is 9.03. The molecule has 0 radical (unpaired) electrons. The molecule has 7 nitrogen and oxygen atoms in total. The summed E-state index contributed by atoms with van der Waals surface area (Å²) in [6, 6.07) is 9.22. The van der Waals surface area contributed by atoms with Crippen LogP contribution in [0, 0.1) is 0 Å². The number of nitrogens with one attached hydrogen (secondary N) is 1. The zero-order chi connectivity index (χ0) is 19.4. The Bertz CT molecular complexity index is 946. The van der Waals surface area contributed by atoms with Gasteiger partial charge >= 0.3 is 0 Å². The number of methoxy groups -OCH3 is 1. The fourth-order valence-electron chi connectivity index (χ4n) is 2.80. The molecule has 1 atom stereocenters. The first kappa shape index (κ1) is 18.8. The highest BCUT2D eigenvalue weighted by Crippen LogP contribution is 2.22. The molecule has 2 heterocycles. The van der Waals surface area contributed by atoms with Gasteiger partial charge in [0.05, 0.1) is 23.4 Å². The van der Waals surface area contributed by atoms with Crippen molar-refractivity contribution < 1.29 is 9.53 Å². The normalized spacial score (nSPS) is 12.3. The Morgan fingerprint density at radius 2 is 2.00 bits per heavy atom. The standard InChI is InChI=1S/C20H24N4O3/c1-4-14(2)21-19(25)16-12-23(10-11-27-3)13-17-18(16)22-24(20(17)26)15-8-6-5-7-9-15/h5-9,12-14H,4,10-11H2,1-3H3,(H,21,25). The number of hydrogen-bond donors (Lipinski definition) is 1. The maximum Gasteiger partial charge on any atom is 0.282 e. The van der Waals surface area contributed by atoms with Gasteiger partial charge in [0.25, 0.3) is 11.5 Å².